The van der Waals surface area contributed by atoms with Gasteiger partial charge >= 0.3 is 0 Å². The van der Waals surface area contributed by atoms with E-state index in [1.807, 2.05) is 42.2 Å². The average Bonchev–Trinajstić information content (AvgIpc) is 3.22. The Bertz CT molecular complexity index is 985. The number of benzene rings is 2. The molecule has 184 valence electrons. The second-order valence-electron chi connectivity index (χ2n) is 9.59. The topological polar surface area (TPSA) is 62.2 Å². The molecule has 2 aromatic rings. The molecule has 2 fully saturated rings. The fraction of sp³-hybridized carbons (Fsp3) is 0.519. The van der Waals surface area contributed by atoms with Crippen molar-refractivity contribution in [3.05, 3.63) is 58.6 Å². The Hall–Kier alpha value is -2.28. The molecule has 34 heavy (non-hydrogen) atoms. The summed E-state index contributed by atoms with van der Waals surface area (Å²) < 4.78 is 11.9. The average molecular weight is 487 g/mol. The van der Waals surface area contributed by atoms with Gasteiger partial charge in [0.25, 0.3) is 0 Å². The van der Waals surface area contributed by atoms with Crippen molar-refractivity contribution in [3.63, 3.8) is 0 Å². The second kappa shape index (κ2) is 11.4. The summed E-state index contributed by atoms with van der Waals surface area (Å²) in [6, 6.07) is 13.8. The molecule has 0 spiro atoms. The van der Waals surface area contributed by atoms with E-state index in [1.54, 1.807) is 0 Å². The first-order chi connectivity index (χ1) is 16.4. The van der Waals surface area contributed by atoms with Crippen LogP contribution >= 0.6 is 11.6 Å². The molecule has 2 heterocycles. The van der Waals surface area contributed by atoms with Crippen LogP contribution in [0.2, 0.25) is 5.02 Å². The summed E-state index contributed by atoms with van der Waals surface area (Å²) in [5.41, 5.74) is 1.31. The van der Waals surface area contributed by atoms with Crippen molar-refractivity contribution in [2.75, 3.05) is 39.4 Å². The largest absolute Gasteiger partial charge is 0.494 e. The Balaban J connectivity index is 1.26. The third-order valence-corrected chi connectivity index (χ3v) is 6.85. The molecule has 0 aromatic heterocycles. The van der Waals surface area contributed by atoms with Crippen LogP contribution in [0.4, 0.5) is 0 Å². The molecular formula is C27H35ClN2O4. The van der Waals surface area contributed by atoms with Crippen LogP contribution in [0.1, 0.15) is 43.2 Å². The normalized spacial score (nSPS) is 21.1. The minimum atomic E-state index is -0.910. The molecule has 2 aliphatic rings. The third-order valence-electron chi connectivity index (χ3n) is 6.53. The van der Waals surface area contributed by atoms with Crippen molar-refractivity contribution >= 4 is 17.5 Å². The van der Waals surface area contributed by atoms with Gasteiger partial charge in [0.15, 0.2) is 0 Å². The van der Waals surface area contributed by atoms with Gasteiger partial charge in [-0.3, -0.25) is 9.69 Å². The fourth-order valence-corrected chi connectivity index (χ4v) is 4.94. The highest BCUT2D eigenvalue weighted by Gasteiger charge is 2.34. The molecule has 2 aliphatic heterocycles. The number of hydrogen-bond acceptors (Lipinski definition) is 5. The molecule has 0 aliphatic carbocycles. The van der Waals surface area contributed by atoms with Crippen LogP contribution in [0.3, 0.4) is 0 Å². The number of likely N-dealkylation sites (tertiary alicyclic amines) is 2. The zero-order valence-electron chi connectivity index (χ0n) is 20.0. The van der Waals surface area contributed by atoms with Gasteiger partial charge in [0.1, 0.15) is 23.7 Å². The maximum Gasteiger partial charge on any atom is 0.222 e. The van der Waals surface area contributed by atoms with Crippen LogP contribution in [0.25, 0.3) is 0 Å². The van der Waals surface area contributed by atoms with Crippen molar-refractivity contribution in [2.45, 2.75) is 51.2 Å². The summed E-state index contributed by atoms with van der Waals surface area (Å²) in [6.07, 6.45) is 4.10. The summed E-state index contributed by atoms with van der Waals surface area (Å²) in [6.45, 7) is 6.67. The van der Waals surface area contributed by atoms with Gasteiger partial charge in [-0.15, -0.1) is 0 Å². The lowest BCUT2D eigenvalue weighted by molar-refractivity contribution is -0.127. The first-order valence-electron chi connectivity index (χ1n) is 12.2. The van der Waals surface area contributed by atoms with Gasteiger partial charge in [-0.1, -0.05) is 29.8 Å². The third kappa shape index (κ3) is 6.87. The number of aliphatic hydroxyl groups is 1. The molecule has 4 rings (SSSR count). The number of carbonyl (C=O) groups excluding carboxylic acids is 1. The van der Waals surface area contributed by atoms with E-state index in [1.165, 1.54) is 0 Å². The minimum absolute atomic E-state index is 0.218. The van der Waals surface area contributed by atoms with E-state index in [0.29, 0.717) is 36.8 Å². The number of amides is 1. The molecule has 6 nitrogen and oxygen atoms in total. The molecule has 0 radical (unpaired) electrons. The Morgan fingerprint density at radius 1 is 1.12 bits per heavy atom. The molecule has 0 unspecified atom stereocenters. The zero-order valence-corrected chi connectivity index (χ0v) is 20.7. The first-order valence-corrected chi connectivity index (χ1v) is 12.6. The maximum absolute atomic E-state index is 11.7. The smallest absolute Gasteiger partial charge is 0.222 e. The van der Waals surface area contributed by atoms with E-state index >= 15 is 0 Å². The predicted molar refractivity (Wildman–Crippen MR) is 134 cm³/mol. The Kier molecular flexibility index (Phi) is 8.35. The molecular weight excluding hydrogens is 452 g/mol. The lowest BCUT2D eigenvalue weighted by Crippen LogP contribution is -2.51. The number of halogens is 1. The van der Waals surface area contributed by atoms with Gasteiger partial charge in [0.05, 0.1) is 11.6 Å². The highest BCUT2D eigenvalue weighted by atomic mass is 35.5. The number of carbonyl (C=O) groups is 1. The summed E-state index contributed by atoms with van der Waals surface area (Å²) in [7, 11) is 0. The molecule has 0 bridgehead atoms. The summed E-state index contributed by atoms with van der Waals surface area (Å²) >= 11 is 6.25. The molecule has 1 atom stereocenters. The molecule has 1 N–H and O–H groups in total. The van der Waals surface area contributed by atoms with E-state index in [-0.39, 0.29) is 12.5 Å². The number of rotatable bonds is 10. The van der Waals surface area contributed by atoms with Crippen LogP contribution in [0, 0.1) is 6.92 Å². The van der Waals surface area contributed by atoms with Crippen molar-refractivity contribution in [2.24, 2.45) is 0 Å². The number of piperidine rings is 1. The van der Waals surface area contributed by atoms with Crippen molar-refractivity contribution in [1.82, 2.24) is 9.80 Å². The van der Waals surface area contributed by atoms with Crippen LogP contribution in [-0.2, 0) is 11.3 Å². The van der Waals surface area contributed by atoms with E-state index in [0.717, 1.165) is 62.3 Å². The van der Waals surface area contributed by atoms with Gasteiger partial charge in [-0.25, -0.2) is 0 Å². The molecule has 0 saturated carbocycles. The van der Waals surface area contributed by atoms with E-state index in [9.17, 15) is 9.90 Å². The SMILES string of the molecule is Cc1ccc(Cl)c(OC[C@@]2(O)CCCN(Cc3cccc(OCCCN4CCCC4=O)c3)C2)c1. The van der Waals surface area contributed by atoms with Crippen LogP contribution in [-0.4, -0.2) is 65.8 Å². The number of aryl methyl sites for hydroxylation is 1. The predicted octanol–water partition coefficient (Wildman–Crippen LogP) is 4.45. The van der Waals surface area contributed by atoms with Crippen molar-refractivity contribution in [1.29, 1.82) is 0 Å². The van der Waals surface area contributed by atoms with Crippen molar-refractivity contribution in [3.8, 4) is 11.5 Å². The van der Waals surface area contributed by atoms with E-state index < -0.39 is 5.60 Å². The number of nitrogens with zero attached hydrogens (tertiary/aromatic N) is 2. The molecule has 7 heteroatoms. The zero-order chi connectivity index (χ0) is 24.0. The van der Waals surface area contributed by atoms with E-state index in [2.05, 4.69) is 17.0 Å². The van der Waals surface area contributed by atoms with Crippen LogP contribution in [0.15, 0.2) is 42.5 Å². The summed E-state index contributed by atoms with van der Waals surface area (Å²) in [4.78, 5) is 15.9. The van der Waals surface area contributed by atoms with Gasteiger partial charge < -0.3 is 19.5 Å². The standard InChI is InChI=1S/C27H35ClN2O4/c1-21-9-10-24(28)25(16-21)34-20-27(32)11-4-12-29(19-27)18-22-6-2-7-23(17-22)33-15-5-14-30-13-3-8-26(30)31/h2,6-7,9-10,16-17,32H,3-5,8,11-15,18-20H2,1H3/t27-/m1/s1. The second-order valence-corrected chi connectivity index (χ2v) is 10.0. The monoisotopic (exact) mass is 486 g/mol. The van der Waals surface area contributed by atoms with Crippen LogP contribution in [0.5, 0.6) is 11.5 Å². The minimum Gasteiger partial charge on any atom is -0.494 e. The Morgan fingerprint density at radius 3 is 2.82 bits per heavy atom. The number of ether oxygens (including phenoxy) is 2. The lowest BCUT2D eigenvalue weighted by atomic mass is 9.93. The molecule has 2 aromatic carbocycles. The van der Waals surface area contributed by atoms with Crippen molar-refractivity contribution < 1.29 is 19.4 Å². The highest BCUT2D eigenvalue weighted by molar-refractivity contribution is 6.32. The highest BCUT2D eigenvalue weighted by Crippen LogP contribution is 2.29. The molecule has 1 amide bonds. The fourth-order valence-electron chi connectivity index (χ4n) is 4.77. The first kappa shape index (κ1) is 24.8. The lowest BCUT2D eigenvalue weighted by Gasteiger charge is -2.39. The van der Waals surface area contributed by atoms with Gasteiger partial charge in [-0.05, 0) is 74.5 Å². The quantitative estimate of drug-likeness (QED) is 0.503. The maximum atomic E-state index is 11.7. The number of hydrogen-bond donors (Lipinski definition) is 1. The van der Waals surface area contributed by atoms with Gasteiger partial charge in [0, 0.05) is 32.6 Å². The van der Waals surface area contributed by atoms with Gasteiger partial charge in [0.2, 0.25) is 5.91 Å². The summed E-state index contributed by atoms with van der Waals surface area (Å²) in [5.74, 6) is 1.72. The Morgan fingerprint density at radius 2 is 2.00 bits per heavy atom. The Labute approximate surface area is 207 Å². The summed E-state index contributed by atoms with van der Waals surface area (Å²) in [5, 5.41) is 11.7. The van der Waals surface area contributed by atoms with Crippen LogP contribution < -0.4 is 9.47 Å². The van der Waals surface area contributed by atoms with Gasteiger partial charge in [-0.2, -0.15) is 0 Å². The number of β-amino-alcohol motifs (C(OH)–C–C–N with tert-alkyl or cyclic N) is 1. The van der Waals surface area contributed by atoms with E-state index in [4.69, 9.17) is 21.1 Å². The molecule has 2 saturated heterocycles.